The zero-order valence-corrected chi connectivity index (χ0v) is 25.6. The molecule has 2 aromatic heterocycles. The summed E-state index contributed by atoms with van der Waals surface area (Å²) in [5.41, 5.74) is 4.40. The third-order valence-electron chi connectivity index (χ3n) is 8.21. The molecule has 6 rings (SSSR count). The van der Waals surface area contributed by atoms with Crippen molar-refractivity contribution in [1.82, 2.24) is 19.8 Å². The van der Waals surface area contributed by atoms with E-state index in [1.807, 2.05) is 53.4 Å². The quantitative estimate of drug-likeness (QED) is 0.157. The molecule has 1 saturated heterocycles. The summed E-state index contributed by atoms with van der Waals surface area (Å²) < 4.78 is 6.42. The maximum absolute atomic E-state index is 14.5. The SMILES string of the molecule is COCCCN(C(=O)c1sc2ccccc2c1Cl)C(Cc1ccccc1CN1CCCCC1)c1nc2ccccc2[nH]1. The van der Waals surface area contributed by atoms with Crippen molar-refractivity contribution >= 4 is 50.0 Å². The molecule has 0 saturated carbocycles. The number of likely N-dealkylation sites (tertiary alicyclic amines) is 1. The predicted octanol–water partition coefficient (Wildman–Crippen LogP) is 7.88. The smallest absolute Gasteiger partial charge is 0.266 e. The highest BCUT2D eigenvalue weighted by atomic mass is 35.5. The van der Waals surface area contributed by atoms with Crippen LogP contribution < -0.4 is 0 Å². The van der Waals surface area contributed by atoms with Crippen LogP contribution in [0, 0.1) is 0 Å². The first-order valence-corrected chi connectivity index (χ1v) is 16.0. The molecule has 0 radical (unpaired) electrons. The van der Waals surface area contributed by atoms with Crippen LogP contribution >= 0.6 is 22.9 Å². The first-order chi connectivity index (χ1) is 20.6. The Morgan fingerprint density at radius 3 is 2.55 bits per heavy atom. The van der Waals surface area contributed by atoms with E-state index < -0.39 is 0 Å². The van der Waals surface area contributed by atoms with Gasteiger partial charge in [-0.3, -0.25) is 9.69 Å². The Morgan fingerprint density at radius 2 is 1.76 bits per heavy atom. The number of ether oxygens (including phenoxy) is 1. The molecular formula is C34H37ClN4O2S. The second-order valence-corrected chi connectivity index (χ2v) is 12.5. The Hall–Kier alpha value is -3.23. The Kier molecular flexibility index (Phi) is 9.20. The number of aromatic amines is 1. The van der Waals surface area contributed by atoms with E-state index in [2.05, 4.69) is 34.1 Å². The Balaban J connectivity index is 1.41. The second-order valence-electron chi connectivity index (χ2n) is 11.1. The molecule has 42 heavy (non-hydrogen) atoms. The minimum atomic E-state index is -0.314. The van der Waals surface area contributed by atoms with Gasteiger partial charge in [0.25, 0.3) is 5.91 Å². The normalized spacial score (nSPS) is 14.9. The lowest BCUT2D eigenvalue weighted by atomic mass is 9.97. The monoisotopic (exact) mass is 600 g/mol. The maximum atomic E-state index is 14.5. The van der Waals surface area contributed by atoms with Crippen LogP contribution in [0.2, 0.25) is 5.02 Å². The second kappa shape index (κ2) is 13.4. The van der Waals surface area contributed by atoms with Gasteiger partial charge in [0.1, 0.15) is 10.7 Å². The summed E-state index contributed by atoms with van der Waals surface area (Å²) in [6.45, 7) is 4.26. The van der Waals surface area contributed by atoms with Gasteiger partial charge in [-0.2, -0.15) is 0 Å². The van der Waals surface area contributed by atoms with Gasteiger partial charge in [0.15, 0.2) is 0 Å². The van der Waals surface area contributed by atoms with Gasteiger partial charge in [-0.05, 0) is 61.7 Å². The van der Waals surface area contributed by atoms with Crippen molar-refractivity contribution in [3.8, 4) is 0 Å². The molecule has 0 aliphatic carbocycles. The molecule has 218 valence electrons. The fraction of sp³-hybridized carbons (Fsp3) is 0.353. The summed E-state index contributed by atoms with van der Waals surface area (Å²) in [4.78, 5) is 28.2. The van der Waals surface area contributed by atoms with Crippen molar-refractivity contribution in [3.63, 3.8) is 0 Å². The fourth-order valence-electron chi connectivity index (χ4n) is 6.02. The molecule has 5 aromatic rings. The molecule has 3 heterocycles. The number of rotatable bonds is 11. The first-order valence-electron chi connectivity index (χ1n) is 14.8. The summed E-state index contributed by atoms with van der Waals surface area (Å²) in [6, 6.07) is 24.3. The number of benzene rings is 3. The average molecular weight is 601 g/mol. The van der Waals surface area contributed by atoms with E-state index in [0.717, 1.165) is 46.6 Å². The van der Waals surface area contributed by atoms with Crippen LogP contribution in [0.15, 0.2) is 72.8 Å². The largest absolute Gasteiger partial charge is 0.385 e. The van der Waals surface area contributed by atoms with Crippen LogP contribution in [-0.4, -0.2) is 59.0 Å². The number of fused-ring (bicyclic) bond motifs is 2. The van der Waals surface area contributed by atoms with E-state index in [1.54, 1.807) is 7.11 Å². The van der Waals surface area contributed by atoms with E-state index in [9.17, 15) is 4.79 Å². The number of hydrogen-bond donors (Lipinski definition) is 1. The molecule has 0 bridgehead atoms. The molecule has 0 spiro atoms. The van der Waals surface area contributed by atoms with Gasteiger partial charge >= 0.3 is 0 Å². The molecule has 1 N–H and O–H groups in total. The lowest BCUT2D eigenvalue weighted by Gasteiger charge is -2.32. The number of hydrogen-bond acceptors (Lipinski definition) is 5. The van der Waals surface area contributed by atoms with E-state index in [1.165, 1.54) is 41.7 Å². The number of halogens is 1. The lowest BCUT2D eigenvalue weighted by molar-refractivity contribution is 0.0647. The topological polar surface area (TPSA) is 61.5 Å². The molecular weight excluding hydrogens is 564 g/mol. The molecule has 1 amide bonds. The average Bonchev–Trinajstić information content (AvgIpc) is 3.61. The number of aromatic nitrogens is 2. The van der Waals surface area contributed by atoms with Crippen LogP contribution in [0.4, 0.5) is 0 Å². The van der Waals surface area contributed by atoms with Crippen LogP contribution in [0.3, 0.4) is 0 Å². The van der Waals surface area contributed by atoms with E-state index in [-0.39, 0.29) is 11.9 Å². The van der Waals surface area contributed by atoms with Crippen LogP contribution in [0.25, 0.3) is 21.1 Å². The third kappa shape index (κ3) is 6.25. The van der Waals surface area contributed by atoms with E-state index >= 15 is 0 Å². The Bertz CT molecular complexity index is 1620. The molecule has 8 heteroatoms. The minimum Gasteiger partial charge on any atom is -0.385 e. The molecule has 1 aliphatic rings. The minimum absolute atomic E-state index is 0.0729. The Labute approximate surface area is 256 Å². The highest BCUT2D eigenvalue weighted by molar-refractivity contribution is 7.21. The van der Waals surface area contributed by atoms with Gasteiger partial charge in [0.2, 0.25) is 0 Å². The van der Waals surface area contributed by atoms with Crippen LogP contribution in [-0.2, 0) is 17.7 Å². The number of nitrogens with zero attached hydrogens (tertiary/aromatic N) is 3. The highest BCUT2D eigenvalue weighted by Gasteiger charge is 2.32. The highest BCUT2D eigenvalue weighted by Crippen LogP contribution is 2.38. The zero-order valence-electron chi connectivity index (χ0n) is 24.0. The summed E-state index contributed by atoms with van der Waals surface area (Å²) in [5, 5.41) is 1.43. The molecule has 6 nitrogen and oxygen atoms in total. The first kappa shape index (κ1) is 28.9. The standard InChI is InChI=1S/C34H37ClN4O2S/c1-41-21-11-20-39(34(40)32-31(35)26-14-5-8-17-30(26)42-32)29(33-36-27-15-6-7-16-28(27)37-33)22-24-12-3-4-13-25(24)23-38-18-9-2-10-19-38/h3-8,12-17,29H,2,9-11,18-23H2,1H3,(H,36,37). The van der Waals surface area contributed by atoms with Gasteiger partial charge in [0.05, 0.1) is 22.1 Å². The molecule has 1 fully saturated rings. The van der Waals surface area contributed by atoms with Crippen LogP contribution in [0.1, 0.15) is 58.3 Å². The van der Waals surface area contributed by atoms with Gasteiger partial charge < -0.3 is 14.6 Å². The number of carbonyl (C=O) groups is 1. The molecule has 1 atom stereocenters. The number of carbonyl (C=O) groups excluding carboxylic acids is 1. The fourth-order valence-corrected chi connectivity index (χ4v) is 7.49. The summed E-state index contributed by atoms with van der Waals surface area (Å²) in [6.07, 6.45) is 5.16. The zero-order chi connectivity index (χ0) is 28.9. The summed E-state index contributed by atoms with van der Waals surface area (Å²) in [7, 11) is 1.70. The molecule has 1 unspecified atom stereocenters. The van der Waals surface area contributed by atoms with E-state index in [4.69, 9.17) is 21.3 Å². The lowest BCUT2D eigenvalue weighted by Crippen LogP contribution is -2.38. The number of methoxy groups -OCH3 is 1. The molecule has 3 aromatic carbocycles. The molecule has 1 aliphatic heterocycles. The van der Waals surface area contributed by atoms with Crippen molar-refractivity contribution in [3.05, 3.63) is 99.6 Å². The number of amides is 1. The van der Waals surface area contributed by atoms with Gasteiger partial charge in [0, 0.05) is 43.3 Å². The van der Waals surface area contributed by atoms with Crippen molar-refractivity contribution < 1.29 is 9.53 Å². The Morgan fingerprint density at radius 1 is 1.02 bits per heavy atom. The number of para-hydroxylation sites is 2. The van der Waals surface area contributed by atoms with Crippen LogP contribution in [0.5, 0.6) is 0 Å². The number of nitrogens with one attached hydrogen (secondary N) is 1. The van der Waals surface area contributed by atoms with Crippen molar-refractivity contribution in [1.29, 1.82) is 0 Å². The predicted molar refractivity (Wildman–Crippen MR) is 172 cm³/mol. The van der Waals surface area contributed by atoms with Crippen molar-refractivity contribution in [2.24, 2.45) is 0 Å². The van der Waals surface area contributed by atoms with Crippen molar-refractivity contribution in [2.45, 2.75) is 44.7 Å². The third-order valence-corrected chi connectivity index (χ3v) is 9.87. The van der Waals surface area contributed by atoms with Crippen molar-refractivity contribution in [2.75, 3.05) is 33.4 Å². The number of piperidine rings is 1. The maximum Gasteiger partial charge on any atom is 0.266 e. The van der Waals surface area contributed by atoms with E-state index in [0.29, 0.717) is 35.9 Å². The summed E-state index contributed by atoms with van der Waals surface area (Å²) in [5.74, 6) is 0.711. The van der Waals surface area contributed by atoms with Gasteiger partial charge in [-0.1, -0.05) is 72.6 Å². The van der Waals surface area contributed by atoms with Gasteiger partial charge in [-0.15, -0.1) is 11.3 Å². The number of thiophene rings is 1. The van der Waals surface area contributed by atoms with Gasteiger partial charge in [-0.25, -0.2) is 4.98 Å². The number of H-pyrrole nitrogens is 1. The summed E-state index contributed by atoms with van der Waals surface area (Å²) >= 11 is 8.33. The number of imidazole rings is 1.